The van der Waals surface area contributed by atoms with Gasteiger partial charge < -0.3 is 15.2 Å². The summed E-state index contributed by atoms with van der Waals surface area (Å²) in [6.07, 6.45) is 0.659. The third-order valence-electron chi connectivity index (χ3n) is 5.04. The minimum atomic E-state index is -0.375. The largest absolute Gasteiger partial charge is 0.342 e. The van der Waals surface area contributed by atoms with E-state index in [-0.39, 0.29) is 29.5 Å². The topological polar surface area (TPSA) is 88.9 Å². The Morgan fingerprint density at radius 2 is 1.80 bits per heavy atom. The highest BCUT2D eigenvalue weighted by Gasteiger charge is 2.25. The van der Waals surface area contributed by atoms with Crippen molar-refractivity contribution in [3.05, 3.63) is 68.9 Å². The molecule has 2 N–H and O–H groups in total. The number of halogens is 3. The van der Waals surface area contributed by atoms with Gasteiger partial charge in [-0.15, -0.1) is 10.2 Å². The summed E-state index contributed by atoms with van der Waals surface area (Å²) in [5.41, 5.74) is 0.845. The molecule has 0 aliphatic heterocycles. The number of benzene rings is 2. The first-order valence-electron chi connectivity index (χ1n) is 11.1. The molecular formula is C24H26Cl3N5O2S. The zero-order valence-corrected chi connectivity index (χ0v) is 22.6. The summed E-state index contributed by atoms with van der Waals surface area (Å²) < 4.78 is 1.91. The minimum Gasteiger partial charge on any atom is -0.342 e. The number of nitrogens with zero attached hydrogens (tertiary/aromatic N) is 3. The van der Waals surface area contributed by atoms with Crippen molar-refractivity contribution in [2.24, 2.45) is 5.92 Å². The van der Waals surface area contributed by atoms with E-state index in [4.69, 9.17) is 34.8 Å². The summed E-state index contributed by atoms with van der Waals surface area (Å²) in [5.74, 6) is 0.484. The average molecular weight is 555 g/mol. The van der Waals surface area contributed by atoms with Crippen LogP contribution in [0, 0.1) is 5.92 Å². The van der Waals surface area contributed by atoms with Crippen molar-refractivity contribution in [1.29, 1.82) is 0 Å². The number of carbonyl (C=O) groups is 2. The number of rotatable bonds is 10. The number of thioether (sulfide) groups is 1. The molecule has 1 heterocycles. The van der Waals surface area contributed by atoms with E-state index in [1.807, 2.05) is 11.5 Å². The van der Waals surface area contributed by atoms with Crippen LogP contribution in [-0.2, 0) is 11.3 Å². The van der Waals surface area contributed by atoms with E-state index in [9.17, 15) is 9.59 Å². The molecule has 7 nitrogen and oxygen atoms in total. The predicted octanol–water partition coefficient (Wildman–Crippen LogP) is 6.51. The van der Waals surface area contributed by atoms with Crippen molar-refractivity contribution < 1.29 is 9.59 Å². The smallest absolute Gasteiger partial charge is 0.253 e. The number of hydrogen-bond donors (Lipinski definition) is 2. The maximum Gasteiger partial charge on any atom is 0.253 e. The molecule has 0 spiro atoms. The van der Waals surface area contributed by atoms with Gasteiger partial charge in [0.2, 0.25) is 5.91 Å². The van der Waals surface area contributed by atoms with E-state index >= 15 is 0 Å². The van der Waals surface area contributed by atoms with Gasteiger partial charge >= 0.3 is 0 Å². The van der Waals surface area contributed by atoms with Crippen LogP contribution in [0.4, 0.5) is 5.69 Å². The Kier molecular flexibility index (Phi) is 9.86. The molecule has 1 atom stereocenters. The Labute approximate surface area is 223 Å². The third-order valence-corrected chi connectivity index (χ3v) is 6.90. The van der Waals surface area contributed by atoms with Gasteiger partial charge in [-0.1, -0.05) is 72.5 Å². The van der Waals surface area contributed by atoms with Crippen LogP contribution in [0.15, 0.2) is 47.6 Å². The fourth-order valence-corrected chi connectivity index (χ4v) is 4.82. The van der Waals surface area contributed by atoms with Crippen LogP contribution in [0.25, 0.3) is 0 Å². The fraction of sp³-hybridized carbons (Fsp3) is 0.333. The Balaban J connectivity index is 1.75. The lowest BCUT2D eigenvalue weighted by Crippen LogP contribution is -2.31. The summed E-state index contributed by atoms with van der Waals surface area (Å²) in [5, 5.41) is 16.3. The van der Waals surface area contributed by atoms with Gasteiger partial charge in [-0.05, 0) is 49.6 Å². The SMILES string of the molecule is CCn1c(SCC(=O)Nc2cc(Cl)ccc2Cl)nnc1[C@H](CC(C)C)NC(=O)c1ccccc1Cl. The summed E-state index contributed by atoms with van der Waals surface area (Å²) in [4.78, 5) is 25.5. The third kappa shape index (κ3) is 7.36. The summed E-state index contributed by atoms with van der Waals surface area (Å²) >= 11 is 19.6. The van der Waals surface area contributed by atoms with E-state index in [0.717, 1.165) is 0 Å². The lowest BCUT2D eigenvalue weighted by molar-refractivity contribution is -0.113. The van der Waals surface area contributed by atoms with Gasteiger partial charge in [0.25, 0.3) is 5.91 Å². The first kappa shape index (κ1) is 27.3. The quantitative estimate of drug-likeness (QED) is 0.279. The van der Waals surface area contributed by atoms with E-state index in [1.165, 1.54) is 11.8 Å². The fourth-order valence-electron chi connectivity index (χ4n) is 3.45. The Morgan fingerprint density at radius 1 is 1.06 bits per heavy atom. The molecule has 2 aromatic carbocycles. The number of carbonyl (C=O) groups excluding carboxylic acids is 2. The lowest BCUT2D eigenvalue weighted by atomic mass is 10.0. The van der Waals surface area contributed by atoms with Crippen LogP contribution < -0.4 is 10.6 Å². The molecule has 0 unspecified atom stereocenters. The molecule has 35 heavy (non-hydrogen) atoms. The van der Waals surface area contributed by atoms with Crippen molar-refractivity contribution in [2.45, 2.75) is 44.9 Å². The highest BCUT2D eigenvalue weighted by molar-refractivity contribution is 7.99. The standard InChI is InChI=1S/C24H26Cl3N5O2S/c1-4-32-22(20(11-14(2)3)29-23(34)16-7-5-6-8-17(16)26)30-31-24(32)35-13-21(33)28-19-12-15(25)9-10-18(19)27/h5-10,12,14,20H,4,11,13H2,1-3H3,(H,28,33)(H,29,34)/t20-/m0/s1. The molecule has 2 amide bonds. The monoisotopic (exact) mass is 553 g/mol. The molecule has 186 valence electrons. The molecule has 3 aromatic rings. The second-order valence-electron chi connectivity index (χ2n) is 8.18. The molecule has 0 saturated carbocycles. The van der Waals surface area contributed by atoms with Gasteiger partial charge in [0.15, 0.2) is 11.0 Å². The van der Waals surface area contributed by atoms with Gasteiger partial charge in [-0.3, -0.25) is 9.59 Å². The number of anilines is 1. The van der Waals surface area contributed by atoms with Gasteiger partial charge in [0.05, 0.1) is 33.1 Å². The van der Waals surface area contributed by atoms with Crippen molar-refractivity contribution >= 4 is 64.1 Å². The highest BCUT2D eigenvalue weighted by Crippen LogP contribution is 2.28. The number of aromatic nitrogens is 3. The van der Waals surface area contributed by atoms with Gasteiger partial charge in [-0.2, -0.15) is 0 Å². The van der Waals surface area contributed by atoms with Crippen LogP contribution in [0.1, 0.15) is 49.4 Å². The van der Waals surface area contributed by atoms with Crippen LogP contribution in [0.5, 0.6) is 0 Å². The van der Waals surface area contributed by atoms with Crippen molar-refractivity contribution in [3.8, 4) is 0 Å². The summed E-state index contributed by atoms with van der Waals surface area (Å²) in [6.45, 7) is 6.68. The average Bonchev–Trinajstić information content (AvgIpc) is 3.22. The Morgan fingerprint density at radius 3 is 2.49 bits per heavy atom. The van der Waals surface area contributed by atoms with Crippen LogP contribution in [0.2, 0.25) is 15.1 Å². The maximum absolute atomic E-state index is 12.9. The summed E-state index contributed by atoms with van der Waals surface area (Å²) in [7, 11) is 0. The maximum atomic E-state index is 12.9. The molecule has 0 radical (unpaired) electrons. The highest BCUT2D eigenvalue weighted by atomic mass is 35.5. The molecular weight excluding hydrogens is 529 g/mol. The van der Waals surface area contributed by atoms with E-state index in [0.29, 0.717) is 50.3 Å². The van der Waals surface area contributed by atoms with Crippen molar-refractivity contribution in [3.63, 3.8) is 0 Å². The van der Waals surface area contributed by atoms with Gasteiger partial charge in [0.1, 0.15) is 0 Å². The van der Waals surface area contributed by atoms with Crippen LogP contribution >= 0.6 is 46.6 Å². The number of amides is 2. The first-order valence-corrected chi connectivity index (χ1v) is 13.2. The molecule has 0 saturated heterocycles. The Hall–Kier alpha value is -2.26. The van der Waals surface area contributed by atoms with E-state index in [1.54, 1.807) is 42.5 Å². The zero-order valence-electron chi connectivity index (χ0n) is 19.5. The molecule has 3 rings (SSSR count). The predicted molar refractivity (Wildman–Crippen MR) is 143 cm³/mol. The zero-order chi connectivity index (χ0) is 25.5. The van der Waals surface area contributed by atoms with Crippen LogP contribution in [-0.4, -0.2) is 32.3 Å². The normalized spacial score (nSPS) is 12.0. The van der Waals surface area contributed by atoms with Gasteiger partial charge in [0, 0.05) is 11.6 Å². The molecule has 0 aliphatic rings. The molecule has 0 bridgehead atoms. The Bertz CT molecular complexity index is 1200. The second-order valence-corrected chi connectivity index (χ2v) is 10.4. The van der Waals surface area contributed by atoms with Gasteiger partial charge in [-0.25, -0.2) is 0 Å². The molecule has 0 aliphatic carbocycles. The minimum absolute atomic E-state index is 0.0990. The number of nitrogens with one attached hydrogen (secondary N) is 2. The molecule has 1 aromatic heterocycles. The number of hydrogen-bond acceptors (Lipinski definition) is 5. The van der Waals surface area contributed by atoms with E-state index in [2.05, 4.69) is 34.7 Å². The van der Waals surface area contributed by atoms with Crippen molar-refractivity contribution in [1.82, 2.24) is 20.1 Å². The second kappa shape index (κ2) is 12.6. The lowest BCUT2D eigenvalue weighted by Gasteiger charge is -2.21. The van der Waals surface area contributed by atoms with E-state index < -0.39 is 0 Å². The van der Waals surface area contributed by atoms with Crippen molar-refractivity contribution in [2.75, 3.05) is 11.1 Å². The first-order chi connectivity index (χ1) is 16.7. The van der Waals surface area contributed by atoms with Crippen LogP contribution in [0.3, 0.4) is 0 Å². The molecule has 11 heteroatoms. The molecule has 0 fully saturated rings. The summed E-state index contributed by atoms with van der Waals surface area (Å²) in [6, 6.07) is 11.4.